The molecule has 1 atom stereocenters. The van der Waals surface area contributed by atoms with Gasteiger partial charge in [-0.05, 0) is 18.9 Å². The Hall–Kier alpha value is -2.23. The van der Waals surface area contributed by atoms with Crippen LogP contribution in [-0.4, -0.2) is 35.8 Å². The fourth-order valence-electron chi connectivity index (χ4n) is 2.26. The number of anilines is 1. The van der Waals surface area contributed by atoms with Gasteiger partial charge in [0.2, 0.25) is 0 Å². The maximum Gasteiger partial charge on any atom is 0.299 e. The van der Waals surface area contributed by atoms with Gasteiger partial charge < -0.3 is 5.32 Å². The second kappa shape index (κ2) is 5.64. The van der Waals surface area contributed by atoms with Crippen molar-refractivity contribution in [1.82, 2.24) is 0 Å². The molecule has 0 bridgehead atoms. The van der Waals surface area contributed by atoms with E-state index in [2.05, 4.69) is 5.32 Å². The zero-order chi connectivity index (χ0) is 15.6. The molecule has 0 amide bonds. The van der Waals surface area contributed by atoms with Crippen molar-refractivity contribution in [1.29, 1.82) is 0 Å². The molecule has 114 valence electrons. The van der Waals surface area contributed by atoms with Crippen molar-refractivity contribution in [2.24, 2.45) is 0 Å². The van der Waals surface area contributed by atoms with Crippen LogP contribution in [0.25, 0.3) is 0 Å². The second-order valence-corrected chi connectivity index (χ2v) is 7.04. The molecule has 1 aromatic rings. The van der Waals surface area contributed by atoms with Crippen molar-refractivity contribution in [3.63, 3.8) is 0 Å². The van der Waals surface area contributed by atoms with Gasteiger partial charge in [0.1, 0.15) is 5.69 Å². The van der Waals surface area contributed by atoms with Crippen LogP contribution in [0.5, 0.6) is 0 Å². The number of non-ortho nitro benzene ring substituents is 1. The van der Waals surface area contributed by atoms with E-state index < -0.39 is 31.4 Å². The third-order valence-corrected chi connectivity index (χ3v) is 5.03. The molecular weight excluding hydrogens is 302 g/mol. The first kappa shape index (κ1) is 15.2. The Kier molecular flexibility index (Phi) is 4.07. The Balaban J connectivity index is 2.27. The summed E-state index contributed by atoms with van der Waals surface area (Å²) in [7, 11) is -3.15. The highest BCUT2D eigenvalue weighted by Gasteiger charge is 2.27. The van der Waals surface area contributed by atoms with E-state index in [9.17, 15) is 28.6 Å². The number of nitrogens with one attached hydrogen (secondary N) is 1. The summed E-state index contributed by atoms with van der Waals surface area (Å²) >= 11 is 0. The van der Waals surface area contributed by atoms with Crippen LogP contribution >= 0.6 is 0 Å². The summed E-state index contributed by atoms with van der Waals surface area (Å²) in [6, 6.07) is 2.81. The molecule has 1 aromatic carbocycles. The lowest BCUT2D eigenvalue weighted by molar-refractivity contribution is -0.393. The van der Waals surface area contributed by atoms with Gasteiger partial charge in [-0.3, -0.25) is 20.2 Å². The molecule has 1 aliphatic heterocycles. The van der Waals surface area contributed by atoms with E-state index >= 15 is 0 Å². The zero-order valence-corrected chi connectivity index (χ0v) is 11.7. The Bertz CT molecular complexity index is 687. The molecule has 1 fully saturated rings. The minimum Gasteiger partial charge on any atom is -0.376 e. The fraction of sp³-hybridized carbons (Fsp3) is 0.455. The van der Waals surface area contributed by atoms with Crippen molar-refractivity contribution in [2.75, 3.05) is 16.8 Å². The number of rotatable bonds is 4. The lowest BCUT2D eigenvalue weighted by Crippen LogP contribution is -2.34. The first-order valence-electron chi connectivity index (χ1n) is 6.18. The van der Waals surface area contributed by atoms with Gasteiger partial charge in [0.25, 0.3) is 11.4 Å². The highest BCUT2D eigenvalue weighted by Crippen LogP contribution is 2.30. The molecule has 0 aliphatic carbocycles. The van der Waals surface area contributed by atoms with Crippen LogP contribution in [0.15, 0.2) is 18.2 Å². The quantitative estimate of drug-likeness (QED) is 0.657. The lowest BCUT2D eigenvalue weighted by Gasteiger charge is -2.23. The van der Waals surface area contributed by atoms with Gasteiger partial charge in [-0.15, -0.1) is 0 Å². The molecule has 0 radical (unpaired) electrons. The standard InChI is InChI=1S/C11H13N3O6S/c15-13(16)9-3-4-10(11(6-9)14(17)18)12-8-2-1-5-21(19,20)7-8/h3-4,6,8,12H,1-2,5,7H2. The summed E-state index contributed by atoms with van der Waals surface area (Å²) in [5, 5.41) is 24.4. The van der Waals surface area contributed by atoms with Crippen LogP contribution in [0.2, 0.25) is 0 Å². The maximum absolute atomic E-state index is 11.6. The summed E-state index contributed by atoms with van der Waals surface area (Å²) in [6.07, 6.45) is 1.06. The molecular formula is C11H13N3O6S. The second-order valence-electron chi connectivity index (χ2n) is 4.81. The molecule has 1 N–H and O–H groups in total. The highest BCUT2D eigenvalue weighted by atomic mass is 32.2. The maximum atomic E-state index is 11.6. The summed E-state index contributed by atoms with van der Waals surface area (Å²) < 4.78 is 23.1. The monoisotopic (exact) mass is 315 g/mol. The predicted molar refractivity (Wildman–Crippen MR) is 75.0 cm³/mol. The van der Waals surface area contributed by atoms with Gasteiger partial charge in [0, 0.05) is 12.1 Å². The fourth-order valence-corrected chi connectivity index (χ4v) is 3.90. The highest BCUT2D eigenvalue weighted by molar-refractivity contribution is 7.91. The van der Waals surface area contributed by atoms with Crippen LogP contribution in [0.4, 0.5) is 17.1 Å². The zero-order valence-electron chi connectivity index (χ0n) is 10.9. The summed E-state index contributed by atoms with van der Waals surface area (Å²) in [6.45, 7) is 0. The number of hydrogen-bond acceptors (Lipinski definition) is 7. The summed E-state index contributed by atoms with van der Waals surface area (Å²) in [5.74, 6) is 0.0225. The van der Waals surface area contributed by atoms with Gasteiger partial charge in [-0.2, -0.15) is 0 Å². The molecule has 10 heteroatoms. The van der Waals surface area contributed by atoms with Crippen LogP contribution in [0, 0.1) is 20.2 Å². The first-order valence-corrected chi connectivity index (χ1v) is 8.00. The minimum absolute atomic E-state index is 0.0905. The lowest BCUT2D eigenvalue weighted by atomic mass is 10.1. The van der Waals surface area contributed by atoms with E-state index in [-0.39, 0.29) is 22.9 Å². The van der Waals surface area contributed by atoms with E-state index in [1.54, 1.807) is 0 Å². The molecule has 1 heterocycles. The Morgan fingerprint density at radius 1 is 1.19 bits per heavy atom. The number of benzene rings is 1. The van der Waals surface area contributed by atoms with Crippen molar-refractivity contribution >= 4 is 26.9 Å². The Morgan fingerprint density at radius 3 is 2.48 bits per heavy atom. The molecule has 1 saturated heterocycles. The van der Waals surface area contributed by atoms with Gasteiger partial charge >= 0.3 is 0 Å². The SMILES string of the molecule is O=[N+]([O-])c1ccc(NC2CCCS(=O)(=O)C2)c([N+](=O)[O-])c1. The average Bonchev–Trinajstić information content (AvgIpc) is 2.37. The number of hydrogen-bond donors (Lipinski definition) is 1. The molecule has 9 nitrogen and oxygen atoms in total. The molecule has 2 rings (SSSR count). The first-order chi connectivity index (χ1) is 9.78. The Morgan fingerprint density at radius 2 is 1.90 bits per heavy atom. The normalized spacial score (nSPS) is 20.7. The number of nitro benzene ring substituents is 2. The number of nitro groups is 2. The topological polar surface area (TPSA) is 132 Å². The molecule has 1 aliphatic rings. The van der Waals surface area contributed by atoms with Gasteiger partial charge in [-0.25, -0.2) is 8.42 Å². The third kappa shape index (κ3) is 3.66. The molecule has 21 heavy (non-hydrogen) atoms. The molecule has 0 saturated carbocycles. The van der Waals surface area contributed by atoms with Crippen molar-refractivity contribution < 1.29 is 18.3 Å². The minimum atomic E-state index is -3.15. The smallest absolute Gasteiger partial charge is 0.299 e. The van der Waals surface area contributed by atoms with E-state index in [1.165, 1.54) is 6.07 Å². The Labute approximate surface area is 120 Å². The van der Waals surface area contributed by atoms with E-state index in [1.807, 2.05) is 0 Å². The van der Waals surface area contributed by atoms with Gasteiger partial charge in [0.15, 0.2) is 9.84 Å². The number of nitrogens with zero attached hydrogens (tertiary/aromatic N) is 2. The molecule has 1 unspecified atom stereocenters. The average molecular weight is 315 g/mol. The molecule has 0 spiro atoms. The summed E-state index contributed by atoms with van der Waals surface area (Å²) in [5.41, 5.74) is -0.733. The van der Waals surface area contributed by atoms with Crippen LogP contribution < -0.4 is 5.32 Å². The van der Waals surface area contributed by atoms with Gasteiger partial charge in [0.05, 0.1) is 27.4 Å². The van der Waals surface area contributed by atoms with Crippen LogP contribution in [0.3, 0.4) is 0 Å². The predicted octanol–water partition coefficient (Wildman–Crippen LogP) is 1.49. The largest absolute Gasteiger partial charge is 0.376 e. The van der Waals surface area contributed by atoms with E-state index in [4.69, 9.17) is 0 Å². The van der Waals surface area contributed by atoms with Crippen LogP contribution in [-0.2, 0) is 9.84 Å². The van der Waals surface area contributed by atoms with E-state index in [0.717, 1.165) is 12.1 Å². The van der Waals surface area contributed by atoms with Crippen LogP contribution in [0.1, 0.15) is 12.8 Å². The van der Waals surface area contributed by atoms with Gasteiger partial charge in [-0.1, -0.05) is 0 Å². The van der Waals surface area contributed by atoms with Crippen molar-refractivity contribution in [3.05, 3.63) is 38.4 Å². The van der Waals surface area contributed by atoms with Crippen molar-refractivity contribution in [3.8, 4) is 0 Å². The molecule has 0 aromatic heterocycles. The third-order valence-electron chi connectivity index (χ3n) is 3.21. The number of sulfone groups is 1. The van der Waals surface area contributed by atoms with Crippen molar-refractivity contribution in [2.45, 2.75) is 18.9 Å². The van der Waals surface area contributed by atoms with E-state index in [0.29, 0.717) is 12.8 Å². The summed E-state index contributed by atoms with van der Waals surface area (Å²) in [4.78, 5) is 20.2.